The number of rotatable bonds is 5. The minimum Gasteiger partial charge on any atom is -0.444 e. The highest BCUT2D eigenvalue weighted by atomic mass is 16.7. The van der Waals surface area contributed by atoms with Crippen molar-refractivity contribution in [3.05, 3.63) is 0 Å². The molecular formula is C10H14O7. The summed E-state index contributed by atoms with van der Waals surface area (Å²) in [5.41, 5.74) is -2.27. The molecule has 0 amide bonds. The van der Waals surface area contributed by atoms with Crippen LogP contribution in [0.4, 0.5) is 0 Å². The summed E-state index contributed by atoms with van der Waals surface area (Å²) < 4.78 is 9.26. The number of ketones is 1. The van der Waals surface area contributed by atoms with Crippen molar-refractivity contribution in [2.24, 2.45) is 0 Å². The van der Waals surface area contributed by atoms with Gasteiger partial charge in [-0.15, -0.1) is 0 Å². The van der Waals surface area contributed by atoms with E-state index < -0.39 is 42.6 Å². The van der Waals surface area contributed by atoms with Crippen molar-refractivity contribution >= 4 is 17.7 Å². The maximum Gasteiger partial charge on any atom is 0.362 e. The largest absolute Gasteiger partial charge is 0.444 e. The summed E-state index contributed by atoms with van der Waals surface area (Å²) in [6.45, 7) is 0.0120. The molecule has 2 N–H and O–H groups in total. The summed E-state index contributed by atoms with van der Waals surface area (Å²) in [5, 5.41) is 17.9. The molecule has 0 aromatic heterocycles. The average Bonchev–Trinajstić information content (AvgIpc) is 2.31. The summed E-state index contributed by atoms with van der Waals surface area (Å²) in [6, 6.07) is 0. The molecule has 1 heterocycles. The molecule has 0 spiro atoms. The average molecular weight is 246 g/mol. The number of carbonyl (C=O) groups excluding carboxylic acids is 3. The second kappa shape index (κ2) is 5.24. The molecule has 1 aliphatic rings. The highest BCUT2D eigenvalue weighted by Crippen LogP contribution is 2.24. The molecule has 0 saturated carbocycles. The summed E-state index contributed by atoms with van der Waals surface area (Å²) >= 11 is 0. The van der Waals surface area contributed by atoms with Crippen molar-refractivity contribution < 1.29 is 34.1 Å². The minimum absolute atomic E-state index is 0.0211. The van der Waals surface area contributed by atoms with Gasteiger partial charge < -0.3 is 19.7 Å². The van der Waals surface area contributed by atoms with Gasteiger partial charge in [-0.3, -0.25) is 4.79 Å². The van der Waals surface area contributed by atoms with Crippen LogP contribution in [0.3, 0.4) is 0 Å². The Bertz CT molecular complexity index is 338. The van der Waals surface area contributed by atoms with Crippen LogP contribution in [0, 0.1) is 0 Å². The molecule has 0 aromatic carbocycles. The molecular weight excluding hydrogens is 232 g/mol. The van der Waals surface area contributed by atoms with E-state index in [4.69, 9.17) is 10.2 Å². The zero-order valence-corrected chi connectivity index (χ0v) is 9.34. The number of hydrogen-bond acceptors (Lipinski definition) is 7. The molecule has 1 rings (SSSR count). The SMILES string of the molecule is CCCC(=O)C1(CO)OC(=O)C(CO)OC1=O. The Hall–Kier alpha value is -1.47. The predicted octanol–water partition coefficient (Wildman–Crippen LogP) is -1.45. The van der Waals surface area contributed by atoms with E-state index in [0.29, 0.717) is 6.42 Å². The number of hydrogen-bond donors (Lipinski definition) is 2. The predicted molar refractivity (Wildman–Crippen MR) is 52.8 cm³/mol. The molecule has 17 heavy (non-hydrogen) atoms. The summed E-state index contributed by atoms with van der Waals surface area (Å²) in [4.78, 5) is 34.6. The van der Waals surface area contributed by atoms with Gasteiger partial charge in [-0.25, -0.2) is 9.59 Å². The number of carbonyl (C=O) groups is 3. The van der Waals surface area contributed by atoms with E-state index in [9.17, 15) is 14.4 Å². The van der Waals surface area contributed by atoms with Crippen LogP contribution in [0.1, 0.15) is 19.8 Å². The number of esters is 2. The Morgan fingerprint density at radius 3 is 2.53 bits per heavy atom. The molecule has 0 radical (unpaired) electrons. The van der Waals surface area contributed by atoms with Gasteiger partial charge in [0.15, 0.2) is 5.78 Å². The maximum atomic E-state index is 11.7. The first-order valence-electron chi connectivity index (χ1n) is 5.20. The number of aliphatic hydroxyl groups excluding tert-OH is 2. The van der Waals surface area contributed by atoms with Crippen molar-refractivity contribution in [3.63, 3.8) is 0 Å². The Balaban J connectivity index is 2.97. The normalized spacial score (nSPS) is 28.5. The molecule has 2 unspecified atom stereocenters. The number of ether oxygens (including phenoxy) is 2. The lowest BCUT2D eigenvalue weighted by Gasteiger charge is -2.34. The van der Waals surface area contributed by atoms with Crippen molar-refractivity contribution in [3.8, 4) is 0 Å². The minimum atomic E-state index is -2.27. The lowest BCUT2D eigenvalue weighted by atomic mass is 9.94. The first kappa shape index (κ1) is 13.6. The molecule has 0 aliphatic carbocycles. The third kappa shape index (κ3) is 2.29. The quantitative estimate of drug-likeness (QED) is 0.451. The highest BCUT2D eigenvalue weighted by molar-refractivity contribution is 6.10. The van der Waals surface area contributed by atoms with Crippen LogP contribution in [-0.2, 0) is 23.9 Å². The lowest BCUT2D eigenvalue weighted by molar-refractivity contribution is -0.217. The van der Waals surface area contributed by atoms with Gasteiger partial charge in [0.05, 0.1) is 6.61 Å². The van der Waals surface area contributed by atoms with Gasteiger partial charge in [0.1, 0.15) is 6.61 Å². The number of cyclic esters (lactones) is 2. The fourth-order valence-electron chi connectivity index (χ4n) is 1.45. The molecule has 1 fully saturated rings. The first-order valence-corrected chi connectivity index (χ1v) is 5.20. The van der Waals surface area contributed by atoms with Crippen molar-refractivity contribution in [1.29, 1.82) is 0 Å². The fraction of sp³-hybridized carbons (Fsp3) is 0.700. The second-order valence-electron chi connectivity index (χ2n) is 3.66. The molecule has 0 aromatic rings. The third-order valence-electron chi connectivity index (χ3n) is 2.43. The summed E-state index contributed by atoms with van der Waals surface area (Å²) in [6.07, 6.45) is -1.02. The maximum absolute atomic E-state index is 11.7. The Morgan fingerprint density at radius 2 is 2.06 bits per heavy atom. The van der Waals surface area contributed by atoms with E-state index in [1.807, 2.05) is 0 Å². The number of Topliss-reactive ketones (excluding diaryl/α,β-unsaturated/α-hetero) is 1. The van der Waals surface area contributed by atoms with Crippen LogP contribution in [0.25, 0.3) is 0 Å². The van der Waals surface area contributed by atoms with Crippen LogP contribution in [0.15, 0.2) is 0 Å². The van der Waals surface area contributed by atoms with Crippen LogP contribution < -0.4 is 0 Å². The van der Waals surface area contributed by atoms with E-state index in [0.717, 1.165) is 0 Å². The van der Waals surface area contributed by atoms with E-state index in [1.54, 1.807) is 6.92 Å². The van der Waals surface area contributed by atoms with E-state index in [2.05, 4.69) is 9.47 Å². The second-order valence-corrected chi connectivity index (χ2v) is 3.66. The zero-order valence-electron chi connectivity index (χ0n) is 9.34. The van der Waals surface area contributed by atoms with Crippen molar-refractivity contribution in [1.82, 2.24) is 0 Å². The monoisotopic (exact) mass is 246 g/mol. The van der Waals surface area contributed by atoms with Gasteiger partial charge in [-0.05, 0) is 6.42 Å². The van der Waals surface area contributed by atoms with Gasteiger partial charge in [-0.1, -0.05) is 6.92 Å². The molecule has 96 valence electrons. The Labute approximate surface area is 97.3 Å². The Kier molecular flexibility index (Phi) is 4.19. The van der Waals surface area contributed by atoms with E-state index >= 15 is 0 Å². The number of aliphatic hydroxyl groups is 2. The van der Waals surface area contributed by atoms with E-state index in [1.165, 1.54) is 0 Å². The molecule has 0 bridgehead atoms. The first-order chi connectivity index (χ1) is 8.01. The molecule has 7 heteroatoms. The lowest BCUT2D eigenvalue weighted by Crippen LogP contribution is -2.61. The fourth-order valence-corrected chi connectivity index (χ4v) is 1.45. The standard InChI is InChI=1S/C10H14O7/c1-2-3-7(13)10(5-12)9(15)16-6(4-11)8(14)17-10/h6,11-12H,2-5H2,1H3. The molecule has 1 aliphatic heterocycles. The highest BCUT2D eigenvalue weighted by Gasteiger charge is 2.55. The van der Waals surface area contributed by atoms with Crippen LogP contribution in [-0.4, -0.2) is 52.9 Å². The van der Waals surface area contributed by atoms with Crippen LogP contribution in [0.5, 0.6) is 0 Å². The van der Waals surface area contributed by atoms with Crippen LogP contribution >= 0.6 is 0 Å². The van der Waals surface area contributed by atoms with Gasteiger partial charge in [0.2, 0.25) is 6.10 Å². The van der Waals surface area contributed by atoms with Gasteiger partial charge in [-0.2, -0.15) is 0 Å². The van der Waals surface area contributed by atoms with E-state index in [-0.39, 0.29) is 6.42 Å². The zero-order chi connectivity index (χ0) is 13.1. The summed E-state index contributed by atoms with van der Waals surface area (Å²) in [5.74, 6) is -2.89. The molecule has 7 nitrogen and oxygen atoms in total. The van der Waals surface area contributed by atoms with Crippen molar-refractivity contribution in [2.45, 2.75) is 31.5 Å². The topological polar surface area (TPSA) is 110 Å². The van der Waals surface area contributed by atoms with Crippen LogP contribution in [0.2, 0.25) is 0 Å². The smallest absolute Gasteiger partial charge is 0.362 e. The molecule has 2 atom stereocenters. The third-order valence-corrected chi connectivity index (χ3v) is 2.43. The Morgan fingerprint density at radius 1 is 1.41 bits per heavy atom. The molecule has 1 saturated heterocycles. The van der Waals surface area contributed by atoms with Gasteiger partial charge in [0.25, 0.3) is 5.60 Å². The van der Waals surface area contributed by atoms with Crippen molar-refractivity contribution in [2.75, 3.05) is 13.2 Å². The van der Waals surface area contributed by atoms with Gasteiger partial charge in [0, 0.05) is 6.42 Å². The summed E-state index contributed by atoms with van der Waals surface area (Å²) in [7, 11) is 0. The van der Waals surface area contributed by atoms with Gasteiger partial charge >= 0.3 is 11.9 Å².